The normalized spacial score (nSPS) is 22.5. The molecule has 7 nitrogen and oxygen atoms in total. The van der Waals surface area contributed by atoms with E-state index >= 15 is 0 Å². The summed E-state index contributed by atoms with van der Waals surface area (Å²) in [7, 11) is 0. The lowest BCUT2D eigenvalue weighted by atomic mass is 10.1. The molecule has 3 heterocycles. The number of carbonyl (C=O) groups is 3. The molecule has 0 radical (unpaired) electrons. The number of hydrogen-bond donors (Lipinski definition) is 1. The minimum absolute atomic E-state index is 0.0201. The summed E-state index contributed by atoms with van der Waals surface area (Å²) in [6, 6.07) is 4.57. The van der Waals surface area contributed by atoms with Gasteiger partial charge in [0.1, 0.15) is 11.8 Å². The van der Waals surface area contributed by atoms with Gasteiger partial charge in [-0.15, -0.1) is 11.8 Å². The maximum absolute atomic E-state index is 13.0. The molecule has 1 atom stereocenters. The smallest absolute Gasteiger partial charge is 0.262 e. The van der Waals surface area contributed by atoms with Crippen LogP contribution in [-0.4, -0.2) is 76.4 Å². The van der Waals surface area contributed by atoms with Crippen molar-refractivity contribution in [3.63, 3.8) is 0 Å². The van der Waals surface area contributed by atoms with Gasteiger partial charge in [-0.05, 0) is 18.2 Å². The van der Waals surface area contributed by atoms with Gasteiger partial charge in [-0.25, -0.2) is 0 Å². The average Bonchev–Trinajstić information content (AvgIpc) is 3.16. The van der Waals surface area contributed by atoms with Crippen molar-refractivity contribution in [3.8, 4) is 5.75 Å². The van der Waals surface area contributed by atoms with Crippen LogP contribution >= 0.6 is 23.5 Å². The van der Waals surface area contributed by atoms with Gasteiger partial charge in [0, 0.05) is 35.9 Å². The van der Waals surface area contributed by atoms with E-state index in [0.29, 0.717) is 28.6 Å². The van der Waals surface area contributed by atoms with Gasteiger partial charge in [0.05, 0.1) is 11.6 Å². The maximum atomic E-state index is 13.0. The zero-order chi connectivity index (χ0) is 18.1. The first kappa shape index (κ1) is 17.5. The summed E-state index contributed by atoms with van der Waals surface area (Å²) in [5, 5.41) is 2.71. The number of benzene rings is 1. The summed E-state index contributed by atoms with van der Waals surface area (Å²) in [6.45, 7) is 1.47. The number of fused-ring (bicyclic) bond motifs is 1. The molecule has 138 valence electrons. The fourth-order valence-corrected chi connectivity index (χ4v) is 5.27. The van der Waals surface area contributed by atoms with Gasteiger partial charge < -0.3 is 19.9 Å². The number of anilines is 1. The third-order valence-electron chi connectivity index (χ3n) is 4.61. The summed E-state index contributed by atoms with van der Waals surface area (Å²) < 4.78 is 5.33. The summed E-state index contributed by atoms with van der Waals surface area (Å²) in [5.41, 5.74) is 0.943. The molecule has 1 aromatic carbocycles. The molecule has 0 aliphatic carbocycles. The zero-order valence-corrected chi connectivity index (χ0v) is 15.7. The van der Waals surface area contributed by atoms with Crippen molar-refractivity contribution >= 4 is 46.9 Å². The molecule has 0 bridgehead atoms. The van der Waals surface area contributed by atoms with Gasteiger partial charge in [-0.3, -0.25) is 14.4 Å². The predicted octanol–water partition coefficient (Wildman–Crippen LogP) is 1.11. The Bertz CT molecular complexity index is 752. The Kier molecular flexibility index (Phi) is 4.99. The van der Waals surface area contributed by atoms with E-state index in [9.17, 15) is 14.4 Å². The van der Waals surface area contributed by atoms with Gasteiger partial charge in [-0.1, -0.05) is 0 Å². The molecule has 2 saturated heterocycles. The van der Waals surface area contributed by atoms with Crippen molar-refractivity contribution in [2.75, 3.05) is 48.1 Å². The van der Waals surface area contributed by atoms with Crippen LogP contribution in [0.1, 0.15) is 10.4 Å². The molecule has 9 heteroatoms. The van der Waals surface area contributed by atoms with Gasteiger partial charge in [0.15, 0.2) is 6.61 Å². The quantitative estimate of drug-likeness (QED) is 0.811. The van der Waals surface area contributed by atoms with Crippen molar-refractivity contribution in [3.05, 3.63) is 23.8 Å². The van der Waals surface area contributed by atoms with Crippen LogP contribution in [0.5, 0.6) is 5.75 Å². The number of carbonyl (C=O) groups excluding carboxylic acids is 3. The second kappa shape index (κ2) is 7.40. The number of rotatable bonds is 2. The van der Waals surface area contributed by atoms with Crippen molar-refractivity contribution in [2.45, 2.75) is 6.04 Å². The third kappa shape index (κ3) is 3.37. The summed E-state index contributed by atoms with van der Waals surface area (Å²) in [5.74, 6) is 3.18. The highest BCUT2D eigenvalue weighted by Gasteiger charge is 2.38. The SMILES string of the molecule is O=C1COc2ccc(C(=O)N3CSCC3C(=O)N3CCSCC3)cc2N1. The summed E-state index contributed by atoms with van der Waals surface area (Å²) >= 11 is 3.44. The van der Waals surface area contributed by atoms with E-state index in [1.807, 2.05) is 16.7 Å². The Morgan fingerprint density at radius 2 is 2.00 bits per heavy atom. The molecule has 0 aromatic heterocycles. The van der Waals surface area contributed by atoms with Crippen LogP contribution in [-0.2, 0) is 9.59 Å². The molecule has 26 heavy (non-hydrogen) atoms. The molecule has 4 rings (SSSR count). The van der Waals surface area contributed by atoms with E-state index in [2.05, 4.69) is 5.32 Å². The minimum Gasteiger partial charge on any atom is -0.482 e. The number of hydrogen-bond acceptors (Lipinski definition) is 6. The van der Waals surface area contributed by atoms with Crippen LogP contribution in [0.3, 0.4) is 0 Å². The standard InChI is InChI=1S/C17H19N3O4S2/c21-15-8-24-14-2-1-11(7-12(14)18-15)16(22)20-10-26-9-13(20)17(23)19-3-5-25-6-4-19/h1-2,7,13H,3-6,8-10H2,(H,18,21). The summed E-state index contributed by atoms with van der Waals surface area (Å²) in [4.78, 5) is 40.9. The van der Waals surface area contributed by atoms with Crippen molar-refractivity contribution in [2.24, 2.45) is 0 Å². The van der Waals surface area contributed by atoms with Gasteiger partial charge >= 0.3 is 0 Å². The molecule has 0 saturated carbocycles. The van der Waals surface area contributed by atoms with Crippen molar-refractivity contribution in [1.82, 2.24) is 9.80 Å². The van der Waals surface area contributed by atoms with E-state index in [-0.39, 0.29) is 24.3 Å². The first-order valence-corrected chi connectivity index (χ1v) is 10.8. The highest BCUT2D eigenvalue weighted by Crippen LogP contribution is 2.31. The van der Waals surface area contributed by atoms with Gasteiger partial charge in [0.2, 0.25) is 5.91 Å². The van der Waals surface area contributed by atoms with Crippen molar-refractivity contribution in [1.29, 1.82) is 0 Å². The molecular weight excluding hydrogens is 374 g/mol. The fraction of sp³-hybridized carbons (Fsp3) is 0.471. The maximum Gasteiger partial charge on any atom is 0.262 e. The number of thioether (sulfide) groups is 2. The van der Waals surface area contributed by atoms with Crippen LogP contribution in [0.25, 0.3) is 0 Å². The second-order valence-electron chi connectivity index (χ2n) is 6.28. The lowest BCUT2D eigenvalue weighted by Gasteiger charge is -2.32. The van der Waals surface area contributed by atoms with Crippen LogP contribution in [0.2, 0.25) is 0 Å². The highest BCUT2D eigenvalue weighted by atomic mass is 32.2. The Hall–Kier alpha value is -1.87. The van der Waals surface area contributed by atoms with E-state index in [4.69, 9.17) is 4.74 Å². The van der Waals surface area contributed by atoms with Gasteiger partial charge in [-0.2, -0.15) is 11.8 Å². The lowest BCUT2D eigenvalue weighted by Crippen LogP contribution is -2.51. The summed E-state index contributed by atoms with van der Waals surface area (Å²) in [6.07, 6.45) is 0. The van der Waals surface area contributed by atoms with Crippen LogP contribution in [0.15, 0.2) is 18.2 Å². The predicted molar refractivity (Wildman–Crippen MR) is 102 cm³/mol. The number of amides is 3. The van der Waals surface area contributed by atoms with E-state index in [1.54, 1.807) is 34.9 Å². The molecular formula is C17H19N3O4S2. The van der Waals surface area contributed by atoms with Gasteiger partial charge in [0.25, 0.3) is 11.8 Å². The van der Waals surface area contributed by atoms with Crippen LogP contribution in [0, 0.1) is 0 Å². The average molecular weight is 393 g/mol. The Labute approximate surface area is 159 Å². The highest BCUT2D eigenvalue weighted by molar-refractivity contribution is 7.99. The fourth-order valence-electron chi connectivity index (χ4n) is 3.22. The molecule has 1 unspecified atom stereocenters. The molecule has 3 aliphatic heterocycles. The number of nitrogens with zero attached hydrogens (tertiary/aromatic N) is 2. The molecule has 1 aromatic rings. The molecule has 3 amide bonds. The molecule has 1 N–H and O–H groups in total. The first-order chi connectivity index (χ1) is 12.6. The third-order valence-corrected chi connectivity index (χ3v) is 6.57. The van der Waals surface area contributed by atoms with Crippen LogP contribution < -0.4 is 10.1 Å². The molecule has 2 fully saturated rings. The van der Waals surface area contributed by atoms with E-state index in [1.165, 1.54) is 0 Å². The lowest BCUT2D eigenvalue weighted by molar-refractivity contribution is -0.134. The largest absolute Gasteiger partial charge is 0.482 e. The monoisotopic (exact) mass is 393 g/mol. The zero-order valence-electron chi connectivity index (χ0n) is 14.1. The Morgan fingerprint density at radius 1 is 1.19 bits per heavy atom. The first-order valence-electron chi connectivity index (χ1n) is 8.45. The molecule has 0 spiro atoms. The van der Waals surface area contributed by atoms with E-state index < -0.39 is 6.04 Å². The molecule has 3 aliphatic rings. The van der Waals surface area contributed by atoms with E-state index in [0.717, 1.165) is 24.6 Å². The minimum atomic E-state index is -0.419. The Morgan fingerprint density at radius 3 is 2.81 bits per heavy atom. The van der Waals surface area contributed by atoms with Crippen LogP contribution in [0.4, 0.5) is 5.69 Å². The topological polar surface area (TPSA) is 79.0 Å². The van der Waals surface area contributed by atoms with Crippen molar-refractivity contribution < 1.29 is 19.1 Å². The Balaban J connectivity index is 1.52. The number of ether oxygens (including phenoxy) is 1. The number of nitrogens with one attached hydrogen (secondary N) is 1. The second-order valence-corrected chi connectivity index (χ2v) is 8.50.